The van der Waals surface area contributed by atoms with E-state index in [0.29, 0.717) is 11.3 Å². The van der Waals surface area contributed by atoms with E-state index in [4.69, 9.17) is 27.9 Å². The predicted octanol–water partition coefficient (Wildman–Crippen LogP) is 4.30. The number of anilines is 1. The Hall–Kier alpha value is -1.76. The number of carbonyl (C=O) groups is 1. The molecule has 2 aromatic rings. The Morgan fingerprint density at radius 2 is 1.84 bits per heavy atom. The number of rotatable bonds is 5. The van der Waals surface area contributed by atoms with Crippen LogP contribution in [0.5, 0.6) is 0 Å². The van der Waals surface area contributed by atoms with Crippen molar-refractivity contribution in [3.63, 3.8) is 0 Å². The van der Waals surface area contributed by atoms with Gasteiger partial charge in [0, 0.05) is 12.1 Å². The molecule has 0 saturated carbocycles. The van der Waals surface area contributed by atoms with Gasteiger partial charge in [0.15, 0.2) is 0 Å². The van der Waals surface area contributed by atoms with Crippen molar-refractivity contribution in [3.8, 4) is 0 Å². The molecular weight excluding hydrogens is 385 g/mol. The Balaban J connectivity index is 2.52. The minimum Gasteiger partial charge on any atom is -0.462 e. The molecule has 0 amide bonds. The van der Waals surface area contributed by atoms with Crippen LogP contribution in [-0.2, 0) is 14.8 Å². The highest BCUT2D eigenvalue weighted by Gasteiger charge is 2.26. The number of nitrogens with zero attached hydrogens (tertiary/aromatic N) is 1. The van der Waals surface area contributed by atoms with Gasteiger partial charge in [-0.2, -0.15) is 0 Å². The molecule has 2 aromatic carbocycles. The highest BCUT2D eigenvalue weighted by atomic mass is 35.5. The Bertz CT molecular complexity index is 913. The van der Waals surface area contributed by atoms with Crippen molar-refractivity contribution in [1.29, 1.82) is 0 Å². The molecule has 0 spiro atoms. The van der Waals surface area contributed by atoms with Crippen molar-refractivity contribution >= 4 is 44.9 Å². The number of hydrogen-bond donors (Lipinski definition) is 0. The first-order chi connectivity index (χ1) is 11.7. The highest BCUT2D eigenvalue weighted by Crippen LogP contribution is 2.31. The van der Waals surface area contributed by atoms with Gasteiger partial charge < -0.3 is 4.74 Å². The average Bonchev–Trinajstić information content (AvgIpc) is 2.56. The highest BCUT2D eigenvalue weighted by molar-refractivity contribution is 7.93. The molecule has 5 nitrogen and oxygen atoms in total. The maximum atomic E-state index is 12.9. The number of aryl methyl sites for hydroxylation is 1. The number of sulfonamides is 1. The standard InChI is InChI=1S/C17H17Cl2NO4S/c1-4-24-17(21)12-6-5-11(2)15(9-12)20(3)25(22,23)16-10-13(18)7-8-14(16)19/h5-10H,4H2,1-3H3. The molecular formula is C17H17Cl2NO4S. The third kappa shape index (κ3) is 4.08. The lowest BCUT2D eigenvalue weighted by atomic mass is 10.1. The van der Waals surface area contributed by atoms with E-state index in [2.05, 4.69) is 0 Å². The molecule has 25 heavy (non-hydrogen) atoms. The second-order valence-corrected chi connectivity index (χ2v) is 8.05. The largest absolute Gasteiger partial charge is 0.462 e. The number of carbonyl (C=O) groups excluding carboxylic acids is 1. The van der Waals surface area contributed by atoms with E-state index < -0.39 is 16.0 Å². The molecule has 0 bridgehead atoms. The smallest absolute Gasteiger partial charge is 0.338 e. The second kappa shape index (κ2) is 7.64. The van der Waals surface area contributed by atoms with Crippen LogP contribution in [0.2, 0.25) is 10.0 Å². The Kier molecular flexibility index (Phi) is 5.98. The number of benzene rings is 2. The lowest BCUT2D eigenvalue weighted by Gasteiger charge is -2.22. The van der Waals surface area contributed by atoms with Crippen LogP contribution in [0.15, 0.2) is 41.3 Å². The molecule has 0 aliphatic rings. The third-order valence-electron chi connectivity index (χ3n) is 3.59. The molecule has 0 heterocycles. The molecule has 0 N–H and O–H groups in total. The molecule has 0 aliphatic carbocycles. The lowest BCUT2D eigenvalue weighted by molar-refractivity contribution is 0.0526. The Labute approximate surface area is 157 Å². The second-order valence-electron chi connectivity index (χ2n) is 5.27. The average molecular weight is 402 g/mol. The van der Waals surface area contributed by atoms with Gasteiger partial charge in [0.25, 0.3) is 10.0 Å². The monoisotopic (exact) mass is 401 g/mol. The first kappa shape index (κ1) is 19.6. The van der Waals surface area contributed by atoms with E-state index in [1.54, 1.807) is 26.0 Å². The van der Waals surface area contributed by atoms with Crippen LogP contribution in [0, 0.1) is 6.92 Å². The summed E-state index contributed by atoms with van der Waals surface area (Å²) in [6, 6.07) is 8.95. The van der Waals surface area contributed by atoms with Crippen molar-refractivity contribution in [3.05, 3.63) is 57.6 Å². The Morgan fingerprint density at radius 3 is 2.48 bits per heavy atom. The van der Waals surface area contributed by atoms with E-state index in [1.807, 2.05) is 0 Å². The van der Waals surface area contributed by atoms with Gasteiger partial charge in [0.05, 0.1) is 22.9 Å². The fraction of sp³-hybridized carbons (Fsp3) is 0.235. The van der Waals surface area contributed by atoms with Gasteiger partial charge in [-0.15, -0.1) is 0 Å². The topological polar surface area (TPSA) is 63.7 Å². The molecule has 8 heteroatoms. The maximum Gasteiger partial charge on any atom is 0.338 e. The van der Waals surface area contributed by atoms with Crippen LogP contribution in [0.4, 0.5) is 5.69 Å². The SMILES string of the molecule is CCOC(=O)c1ccc(C)c(N(C)S(=O)(=O)c2cc(Cl)ccc2Cl)c1. The molecule has 2 rings (SSSR count). The van der Waals surface area contributed by atoms with Gasteiger partial charge in [-0.1, -0.05) is 29.3 Å². The van der Waals surface area contributed by atoms with Crippen LogP contribution < -0.4 is 4.31 Å². The zero-order valence-electron chi connectivity index (χ0n) is 13.9. The number of esters is 1. The van der Waals surface area contributed by atoms with Crippen LogP contribution in [0.1, 0.15) is 22.8 Å². The first-order valence-corrected chi connectivity index (χ1v) is 9.59. The van der Waals surface area contributed by atoms with Gasteiger partial charge >= 0.3 is 5.97 Å². The van der Waals surface area contributed by atoms with Crippen molar-refractivity contribution in [2.24, 2.45) is 0 Å². The van der Waals surface area contributed by atoms with Crippen molar-refractivity contribution in [2.75, 3.05) is 18.0 Å². The summed E-state index contributed by atoms with van der Waals surface area (Å²) in [4.78, 5) is 11.8. The molecule has 0 aromatic heterocycles. The van der Waals surface area contributed by atoms with E-state index >= 15 is 0 Å². The van der Waals surface area contributed by atoms with Crippen LogP contribution in [-0.4, -0.2) is 28.0 Å². The summed E-state index contributed by atoms with van der Waals surface area (Å²) < 4.78 is 31.9. The molecule has 0 aliphatic heterocycles. The number of halogens is 2. The molecule has 0 saturated heterocycles. The van der Waals surface area contributed by atoms with Crippen LogP contribution in [0.3, 0.4) is 0 Å². The molecule has 134 valence electrons. The summed E-state index contributed by atoms with van der Waals surface area (Å²) in [6.07, 6.45) is 0. The number of ether oxygens (including phenoxy) is 1. The van der Waals surface area contributed by atoms with E-state index in [-0.39, 0.29) is 27.1 Å². The fourth-order valence-electron chi connectivity index (χ4n) is 2.24. The normalized spacial score (nSPS) is 11.2. The zero-order valence-corrected chi connectivity index (χ0v) is 16.2. The maximum absolute atomic E-state index is 12.9. The summed E-state index contributed by atoms with van der Waals surface area (Å²) >= 11 is 11.9. The molecule has 0 radical (unpaired) electrons. The van der Waals surface area contributed by atoms with Gasteiger partial charge in [-0.3, -0.25) is 4.31 Å². The minimum absolute atomic E-state index is 0.0652. The van der Waals surface area contributed by atoms with Crippen molar-refractivity contribution in [2.45, 2.75) is 18.7 Å². The summed E-state index contributed by atoms with van der Waals surface area (Å²) in [5, 5.41) is 0.323. The van der Waals surface area contributed by atoms with Crippen LogP contribution in [0.25, 0.3) is 0 Å². The van der Waals surface area contributed by atoms with E-state index in [9.17, 15) is 13.2 Å². The van der Waals surface area contributed by atoms with Gasteiger partial charge in [0.1, 0.15) is 4.90 Å². The first-order valence-electron chi connectivity index (χ1n) is 7.40. The summed E-state index contributed by atoms with van der Waals surface area (Å²) in [5.74, 6) is -0.518. The molecule has 0 atom stereocenters. The summed E-state index contributed by atoms with van der Waals surface area (Å²) in [7, 11) is -2.56. The van der Waals surface area contributed by atoms with Crippen LogP contribution >= 0.6 is 23.2 Å². The third-order valence-corrected chi connectivity index (χ3v) is 6.08. The lowest BCUT2D eigenvalue weighted by Crippen LogP contribution is -2.27. The quantitative estimate of drug-likeness (QED) is 0.700. The summed E-state index contributed by atoms with van der Waals surface area (Å²) in [5.41, 5.74) is 1.29. The molecule has 0 fully saturated rings. The Morgan fingerprint density at radius 1 is 1.16 bits per heavy atom. The summed E-state index contributed by atoms with van der Waals surface area (Å²) in [6.45, 7) is 3.68. The number of hydrogen-bond acceptors (Lipinski definition) is 4. The predicted molar refractivity (Wildman–Crippen MR) is 99.2 cm³/mol. The van der Waals surface area contributed by atoms with Gasteiger partial charge in [-0.25, -0.2) is 13.2 Å². The fourth-order valence-corrected chi connectivity index (χ4v) is 4.23. The van der Waals surface area contributed by atoms with Crippen molar-refractivity contribution < 1.29 is 17.9 Å². The minimum atomic E-state index is -3.96. The van der Waals surface area contributed by atoms with Crippen molar-refractivity contribution in [1.82, 2.24) is 0 Å². The van der Waals surface area contributed by atoms with Gasteiger partial charge in [-0.05, 0) is 49.7 Å². The van der Waals surface area contributed by atoms with E-state index in [1.165, 1.54) is 31.3 Å². The van der Waals surface area contributed by atoms with Gasteiger partial charge in [0.2, 0.25) is 0 Å². The molecule has 0 unspecified atom stereocenters. The van der Waals surface area contributed by atoms with E-state index in [0.717, 1.165) is 4.31 Å². The zero-order chi connectivity index (χ0) is 18.8.